The van der Waals surface area contributed by atoms with Gasteiger partial charge >= 0.3 is 5.97 Å². The van der Waals surface area contributed by atoms with E-state index in [4.69, 9.17) is 11.3 Å². The molecule has 2 heterocycles. The molecule has 2 aliphatic rings. The van der Waals surface area contributed by atoms with Crippen LogP contribution in [0.4, 0.5) is 10.1 Å². The predicted octanol–water partition coefficient (Wildman–Crippen LogP) is 7.57. The summed E-state index contributed by atoms with van der Waals surface area (Å²) in [6, 6.07) is 6.76. The van der Waals surface area contributed by atoms with E-state index in [1.807, 2.05) is 12.1 Å². The van der Waals surface area contributed by atoms with E-state index in [-0.39, 0.29) is 60.2 Å². The molecule has 1 N–H and O–H groups in total. The maximum absolute atomic E-state index is 13.1. The third-order valence-electron chi connectivity index (χ3n) is 7.72. The van der Waals surface area contributed by atoms with Crippen molar-refractivity contribution in [2.24, 2.45) is 10.8 Å². The first kappa shape index (κ1) is 41.6. The molecule has 6 nitrogen and oxygen atoms in total. The number of nitrogens with one attached hydrogen (secondary N) is 1. The number of Topliss-reactive ketones (excluding diaryl/α,β-unsaturated/α-hetero) is 1. The van der Waals surface area contributed by atoms with Gasteiger partial charge in [0.05, 0.1) is 11.0 Å². The van der Waals surface area contributed by atoms with Gasteiger partial charge in [-0.3, -0.25) is 14.5 Å². The number of hydrogen-bond donors (Lipinski definition) is 1. The summed E-state index contributed by atoms with van der Waals surface area (Å²) in [5.41, 5.74) is 0.844. The van der Waals surface area contributed by atoms with Crippen molar-refractivity contribution in [3.05, 3.63) is 42.9 Å². The average molecular weight is 827 g/mol. The molecule has 2 saturated heterocycles. The molecular weight excluding hydrogens is 767 g/mol. The first-order valence-corrected chi connectivity index (χ1v) is 15.8. The van der Waals surface area contributed by atoms with Gasteiger partial charge in [-0.05, 0) is 69.7 Å². The summed E-state index contributed by atoms with van der Waals surface area (Å²) in [5, 5.41) is 2.72. The molecule has 2 fully saturated rings. The number of carbonyl (C=O) groups excluding carboxylic acids is 2. The topological polar surface area (TPSA) is 61.9 Å². The zero-order chi connectivity index (χ0) is 32.0. The molecule has 0 aliphatic carbocycles. The largest absolute Gasteiger partial charge is 0.497 e. The number of anilines is 1. The minimum absolute atomic E-state index is 0. The van der Waals surface area contributed by atoms with E-state index in [0.29, 0.717) is 5.41 Å². The van der Waals surface area contributed by atoms with Crippen LogP contribution in [-0.4, -0.2) is 61.0 Å². The number of halogens is 1. The van der Waals surface area contributed by atoms with Crippen molar-refractivity contribution in [2.45, 2.75) is 119 Å². The summed E-state index contributed by atoms with van der Waals surface area (Å²) in [6.45, 7) is 28.1. The Morgan fingerprint density at radius 2 is 1.60 bits per heavy atom. The van der Waals surface area contributed by atoms with Gasteiger partial charge in [-0.25, -0.2) is 4.39 Å². The number of esters is 1. The fourth-order valence-corrected chi connectivity index (χ4v) is 5.04. The first-order chi connectivity index (χ1) is 19.6. The van der Waals surface area contributed by atoms with Gasteiger partial charge in [-0.1, -0.05) is 60.8 Å². The third kappa shape index (κ3) is 16.0. The SMILES string of the molecule is CC(C)(C)C.CCCCC1(CCC)CC(CCN2CCN(c3ccc(F)cc3)CC2)OC1=O.[CH-]=CNC(C)(C)C(C)=O.[U]. The molecule has 8 heteroatoms. The van der Waals surface area contributed by atoms with Gasteiger partial charge < -0.3 is 21.5 Å². The first-order valence-electron chi connectivity index (χ1n) is 15.8. The van der Waals surface area contributed by atoms with E-state index < -0.39 is 5.54 Å². The van der Waals surface area contributed by atoms with Crippen molar-refractivity contribution in [2.75, 3.05) is 37.6 Å². The Morgan fingerprint density at radius 1 is 1.05 bits per heavy atom. The Hall–Kier alpha value is -1.36. The number of unbranched alkanes of at least 4 members (excludes halogenated alkanes) is 1. The standard InChI is InChI=1S/C23H35FN2O2.C7H12NO.C5H12.U/c1-3-5-12-23(11-4-2)18-21(28-22(23)27)10-13-25-14-16-26(17-15-25)20-8-6-19(24)7-9-20;1-5-8-7(3,4)6(2)9;1-5(2,3)4;/h6-9,21H,3-5,10-18H2,1-2H3;1,5,8H,2-4H3;1-4H3;/q;-1;;. The van der Waals surface area contributed by atoms with Gasteiger partial charge in [-0.15, -0.1) is 0 Å². The molecule has 2 aliphatic heterocycles. The molecule has 1 aromatic rings. The Balaban J connectivity index is 0.000000983. The van der Waals surface area contributed by atoms with Crippen LogP contribution in [0.1, 0.15) is 107 Å². The van der Waals surface area contributed by atoms with E-state index in [2.05, 4.69) is 56.7 Å². The molecule has 3 rings (SSSR count). The second-order valence-corrected chi connectivity index (χ2v) is 14.0. The van der Waals surface area contributed by atoms with E-state index >= 15 is 0 Å². The van der Waals surface area contributed by atoms with Crippen molar-refractivity contribution in [3.63, 3.8) is 0 Å². The zero-order valence-corrected chi connectivity index (χ0v) is 32.7. The van der Waals surface area contributed by atoms with Crippen LogP contribution in [0.2, 0.25) is 0 Å². The third-order valence-corrected chi connectivity index (χ3v) is 7.72. The normalized spacial score (nSPS) is 20.5. The molecule has 0 bridgehead atoms. The van der Waals surface area contributed by atoms with Crippen molar-refractivity contribution in [1.82, 2.24) is 10.2 Å². The molecule has 0 spiro atoms. The zero-order valence-electron chi connectivity index (χ0n) is 28.5. The van der Waals surface area contributed by atoms with Gasteiger partial charge in [0.15, 0.2) is 5.78 Å². The average Bonchev–Trinajstić information content (AvgIpc) is 3.21. The Morgan fingerprint density at radius 3 is 2.05 bits per heavy atom. The molecule has 0 amide bonds. The van der Waals surface area contributed by atoms with E-state index in [1.54, 1.807) is 13.8 Å². The predicted molar refractivity (Wildman–Crippen MR) is 173 cm³/mol. The van der Waals surface area contributed by atoms with Crippen LogP contribution in [0.15, 0.2) is 30.5 Å². The fourth-order valence-electron chi connectivity index (χ4n) is 5.04. The van der Waals surface area contributed by atoms with Crippen LogP contribution < -0.4 is 10.2 Å². The van der Waals surface area contributed by atoms with Gasteiger partial charge in [0.25, 0.3) is 0 Å². The van der Waals surface area contributed by atoms with Crippen LogP contribution in [0, 0.1) is 54.3 Å². The van der Waals surface area contributed by atoms with Crippen LogP contribution in [0.25, 0.3) is 0 Å². The van der Waals surface area contributed by atoms with Crippen LogP contribution >= 0.6 is 0 Å². The number of ether oxygens (including phenoxy) is 1. The number of ketones is 1. The van der Waals surface area contributed by atoms with Crippen molar-refractivity contribution in [1.29, 1.82) is 0 Å². The van der Waals surface area contributed by atoms with Crippen LogP contribution in [0.3, 0.4) is 0 Å². The molecule has 2 unspecified atom stereocenters. The maximum Gasteiger partial charge on any atom is 0.312 e. The second kappa shape index (κ2) is 19.9. The molecular formula is C35H59FN3O3U-. The van der Waals surface area contributed by atoms with E-state index in [0.717, 1.165) is 83.4 Å². The summed E-state index contributed by atoms with van der Waals surface area (Å²) in [5.74, 6) is -0.0651. The van der Waals surface area contributed by atoms with Gasteiger partial charge in [0, 0.05) is 75.9 Å². The second-order valence-electron chi connectivity index (χ2n) is 14.0. The fraction of sp³-hybridized carbons (Fsp3) is 0.714. The summed E-state index contributed by atoms with van der Waals surface area (Å²) < 4.78 is 18.9. The number of benzene rings is 1. The minimum atomic E-state index is -0.519. The number of piperazine rings is 1. The molecule has 0 aromatic heterocycles. The van der Waals surface area contributed by atoms with E-state index in [1.165, 1.54) is 25.3 Å². The van der Waals surface area contributed by atoms with Gasteiger partial charge in [0.2, 0.25) is 0 Å². The van der Waals surface area contributed by atoms with Crippen LogP contribution in [0.5, 0.6) is 0 Å². The molecule has 43 heavy (non-hydrogen) atoms. The van der Waals surface area contributed by atoms with Crippen molar-refractivity contribution < 1.29 is 49.8 Å². The molecule has 0 saturated carbocycles. The summed E-state index contributed by atoms with van der Waals surface area (Å²) >= 11 is 0. The number of cyclic esters (lactones) is 1. The molecule has 1 aromatic carbocycles. The van der Waals surface area contributed by atoms with E-state index in [9.17, 15) is 14.0 Å². The Labute approximate surface area is 286 Å². The van der Waals surface area contributed by atoms with Crippen LogP contribution in [-0.2, 0) is 14.3 Å². The summed E-state index contributed by atoms with van der Waals surface area (Å²) in [6.07, 6.45) is 8.38. The summed E-state index contributed by atoms with van der Waals surface area (Å²) in [4.78, 5) is 28.1. The number of carbonyl (C=O) groups is 2. The monoisotopic (exact) mass is 827 g/mol. The minimum Gasteiger partial charge on any atom is -0.497 e. The smallest absolute Gasteiger partial charge is 0.312 e. The number of rotatable bonds is 12. The number of hydrogen-bond acceptors (Lipinski definition) is 6. The van der Waals surface area contributed by atoms with Crippen molar-refractivity contribution >= 4 is 17.4 Å². The Bertz CT molecular complexity index is 950. The molecule has 2 atom stereocenters. The number of nitrogens with zero attached hydrogens (tertiary/aromatic N) is 2. The molecule has 244 valence electrons. The Kier molecular flexibility index (Phi) is 19.3. The van der Waals surface area contributed by atoms with Crippen molar-refractivity contribution in [3.8, 4) is 0 Å². The quantitative estimate of drug-likeness (QED) is 0.174. The van der Waals surface area contributed by atoms with Gasteiger partial charge in [-0.2, -0.15) is 6.20 Å². The molecule has 0 radical (unpaired) electrons. The maximum atomic E-state index is 13.1. The summed E-state index contributed by atoms with van der Waals surface area (Å²) in [7, 11) is 0. The van der Waals surface area contributed by atoms with Gasteiger partial charge in [0.1, 0.15) is 11.9 Å².